The zero-order chi connectivity index (χ0) is 15.0. The monoisotopic (exact) mass is 296 g/mol. The van der Waals surface area contributed by atoms with Crippen LogP contribution in [0.4, 0.5) is 0 Å². The summed E-state index contributed by atoms with van der Waals surface area (Å²) < 4.78 is 5.24. The minimum Gasteiger partial charge on any atom is -0.459 e. The second kappa shape index (κ2) is 5.29. The molecule has 1 spiro atoms. The lowest BCUT2D eigenvalue weighted by molar-refractivity contribution is 0.0627. The Bertz CT molecular complexity index is 670. The van der Waals surface area contributed by atoms with Gasteiger partial charge in [-0.15, -0.1) is 0 Å². The topological polar surface area (TPSA) is 45.5 Å². The maximum Gasteiger partial charge on any atom is 0.289 e. The molecule has 4 nitrogen and oxygen atoms in total. The summed E-state index contributed by atoms with van der Waals surface area (Å²) in [5.41, 5.74) is 3.05. The van der Waals surface area contributed by atoms with E-state index in [-0.39, 0.29) is 11.3 Å². The Morgan fingerprint density at radius 3 is 2.73 bits per heavy atom. The largest absolute Gasteiger partial charge is 0.459 e. The van der Waals surface area contributed by atoms with Gasteiger partial charge in [0.25, 0.3) is 5.91 Å². The molecule has 1 amide bonds. The first-order chi connectivity index (χ1) is 10.8. The average Bonchev–Trinajstić information content (AvgIpc) is 3.10. The number of carbonyl (C=O) groups excluding carboxylic acids is 1. The highest BCUT2D eigenvalue weighted by Crippen LogP contribution is 2.39. The van der Waals surface area contributed by atoms with Crippen LogP contribution in [0.1, 0.15) is 34.5 Å². The fourth-order valence-electron chi connectivity index (χ4n) is 3.86. The van der Waals surface area contributed by atoms with E-state index in [1.807, 2.05) is 4.90 Å². The van der Waals surface area contributed by atoms with Crippen LogP contribution in [-0.2, 0) is 12.0 Å². The maximum absolute atomic E-state index is 12.4. The molecular weight excluding hydrogens is 276 g/mol. The molecule has 2 aliphatic rings. The van der Waals surface area contributed by atoms with Crippen LogP contribution in [0, 0.1) is 0 Å². The standard InChI is InChI=1S/C18H20N2O2/c21-17(16-6-3-11-22-16)20-9-7-18(8-10-20)13-19-12-14-4-1-2-5-15(14)18/h1-6,11,19H,7-10,12-13H2. The quantitative estimate of drug-likeness (QED) is 0.879. The summed E-state index contributed by atoms with van der Waals surface area (Å²) >= 11 is 0. The van der Waals surface area contributed by atoms with Crippen LogP contribution in [0.15, 0.2) is 47.1 Å². The Labute approximate surface area is 130 Å². The van der Waals surface area contributed by atoms with Gasteiger partial charge in [-0.05, 0) is 36.1 Å². The van der Waals surface area contributed by atoms with Gasteiger partial charge in [0.2, 0.25) is 0 Å². The van der Waals surface area contributed by atoms with Crippen molar-refractivity contribution < 1.29 is 9.21 Å². The molecule has 4 rings (SSSR count). The van der Waals surface area contributed by atoms with E-state index in [4.69, 9.17) is 4.42 Å². The van der Waals surface area contributed by atoms with E-state index in [2.05, 4.69) is 29.6 Å². The number of piperidine rings is 1. The number of nitrogens with one attached hydrogen (secondary N) is 1. The normalized spacial score (nSPS) is 19.9. The maximum atomic E-state index is 12.4. The molecule has 2 aliphatic heterocycles. The first kappa shape index (κ1) is 13.6. The van der Waals surface area contributed by atoms with E-state index in [0.717, 1.165) is 39.0 Å². The number of amides is 1. The molecule has 22 heavy (non-hydrogen) atoms. The van der Waals surface area contributed by atoms with Crippen molar-refractivity contribution >= 4 is 5.91 Å². The number of carbonyl (C=O) groups is 1. The molecule has 0 bridgehead atoms. The molecule has 114 valence electrons. The minimum atomic E-state index is 0.0110. The fraction of sp³-hybridized carbons (Fsp3) is 0.389. The molecule has 1 N–H and O–H groups in total. The second-order valence-corrected chi connectivity index (χ2v) is 6.31. The van der Waals surface area contributed by atoms with E-state index in [1.165, 1.54) is 11.1 Å². The third kappa shape index (κ3) is 2.15. The van der Waals surface area contributed by atoms with E-state index in [1.54, 1.807) is 18.4 Å². The van der Waals surface area contributed by atoms with Crippen LogP contribution in [0.25, 0.3) is 0 Å². The van der Waals surface area contributed by atoms with Crippen molar-refractivity contribution in [1.29, 1.82) is 0 Å². The smallest absolute Gasteiger partial charge is 0.289 e. The summed E-state index contributed by atoms with van der Waals surface area (Å²) in [4.78, 5) is 14.3. The number of hydrogen-bond acceptors (Lipinski definition) is 3. The summed E-state index contributed by atoms with van der Waals surface area (Å²) in [5.74, 6) is 0.454. The molecule has 4 heteroatoms. The van der Waals surface area contributed by atoms with Crippen LogP contribution in [-0.4, -0.2) is 30.4 Å². The van der Waals surface area contributed by atoms with Crippen LogP contribution in [0.2, 0.25) is 0 Å². The van der Waals surface area contributed by atoms with Crippen LogP contribution in [0.3, 0.4) is 0 Å². The Kier molecular flexibility index (Phi) is 3.26. The van der Waals surface area contributed by atoms with Gasteiger partial charge in [-0.25, -0.2) is 0 Å². The molecule has 0 aliphatic carbocycles. The van der Waals surface area contributed by atoms with Gasteiger partial charge in [0.1, 0.15) is 0 Å². The summed E-state index contributed by atoms with van der Waals surface area (Å²) in [6, 6.07) is 12.2. The van der Waals surface area contributed by atoms with Gasteiger partial charge < -0.3 is 14.6 Å². The van der Waals surface area contributed by atoms with Gasteiger partial charge in [0.15, 0.2) is 5.76 Å². The predicted molar refractivity (Wildman–Crippen MR) is 83.7 cm³/mol. The van der Waals surface area contributed by atoms with Crippen molar-refractivity contribution in [2.24, 2.45) is 0 Å². The Morgan fingerprint density at radius 1 is 1.14 bits per heavy atom. The van der Waals surface area contributed by atoms with Crippen molar-refractivity contribution in [2.45, 2.75) is 24.8 Å². The number of fused-ring (bicyclic) bond motifs is 2. The zero-order valence-electron chi connectivity index (χ0n) is 12.5. The van der Waals surface area contributed by atoms with E-state index in [0.29, 0.717) is 5.76 Å². The van der Waals surface area contributed by atoms with Gasteiger partial charge >= 0.3 is 0 Å². The average molecular weight is 296 g/mol. The SMILES string of the molecule is O=C(c1ccco1)N1CCC2(CC1)CNCc1ccccc12. The number of nitrogens with zero attached hydrogens (tertiary/aromatic N) is 1. The minimum absolute atomic E-state index is 0.0110. The number of likely N-dealkylation sites (tertiary alicyclic amines) is 1. The Hall–Kier alpha value is -2.07. The van der Waals surface area contributed by atoms with E-state index < -0.39 is 0 Å². The lowest BCUT2D eigenvalue weighted by atomic mass is 9.69. The van der Waals surface area contributed by atoms with Crippen LogP contribution >= 0.6 is 0 Å². The third-order valence-electron chi connectivity index (χ3n) is 5.11. The number of rotatable bonds is 1. The van der Waals surface area contributed by atoms with Crippen molar-refractivity contribution in [3.8, 4) is 0 Å². The van der Waals surface area contributed by atoms with Gasteiger partial charge in [-0.2, -0.15) is 0 Å². The highest BCUT2D eigenvalue weighted by molar-refractivity contribution is 5.91. The third-order valence-corrected chi connectivity index (χ3v) is 5.11. The van der Waals surface area contributed by atoms with E-state index in [9.17, 15) is 4.79 Å². The molecule has 3 heterocycles. The summed E-state index contributed by atoms with van der Waals surface area (Å²) in [7, 11) is 0. The van der Waals surface area contributed by atoms with Crippen molar-refractivity contribution in [3.05, 3.63) is 59.5 Å². The van der Waals surface area contributed by atoms with Gasteiger partial charge in [0.05, 0.1) is 6.26 Å². The Morgan fingerprint density at radius 2 is 1.95 bits per heavy atom. The number of furan rings is 1. The molecule has 0 saturated carbocycles. The molecule has 1 aromatic carbocycles. The predicted octanol–water partition coefficient (Wildman–Crippen LogP) is 2.56. The van der Waals surface area contributed by atoms with Crippen LogP contribution < -0.4 is 5.32 Å². The molecule has 1 fully saturated rings. The molecule has 0 unspecified atom stereocenters. The van der Waals surface area contributed by atoms with Gasteiger partial charge in [-0.1, -0.05) is 24.3 Å². The molecule has 2 aromatic rings. The zero-order valence-corrected chi connectivity index (χ0v) is 12.5. The second-order valence-electron chi connectivity index (χ2n) is 6.31. The Balaban J connectivity index is 1.54. The molecular formula is C18H20N2O2. The number of benzene rings is 1. The molecule has 0 radical (unpaired) electrons. The van der Waals surface area contributed by atoms with Crippen molar-refractivity contribution in [2.75, 3.05) is 19.6 Å². The van der Waals surface area contributed by atoms with Crippen molar-refractivity contribution in [1.82, 2.24) is 10.2 Å². The lowest BCUT2D eigenvalue weighted by Gasteiger charge is -2.45. The van der Waals surface area contributed by atoms with Crippen LogP contribution in [0.5, 0.6) is 0 Å². The van der Waals surface area contributed by atoms with Gasteiger partial charge in [-0.3, -0.25) is 4.79 Å². The summed E-state index contributed by atoms with van der Waals surface area (Å²) in [6.45, 7) is 3.53. The number of hydrogen-bond donors (Lipinski definition) is 1. The highest BCUT2D eigenvalue weighted by atomic mass is 16.3. The molecule has 1 saturated heterocycles. The lowest BCUT2D eigenvalue weighted by Crippen LogP contribution is -2.51. The molecule has 0 atom stereocenters. The molecule has 1 aromatic heterocycles. The van der Waals surface area contributed by atoms with E-state index >= 15 is 0 Å². The van der Waals surface area contributed by atoms with Crippen molar-refractivity contribution in [3.63, 3.8) is 0 Å². The highest BCUT2D eigenvalue weighted by Gasteiger charge is 2.40. The first-order valence-corrected chi connectivity index (χ1v) is 7.90. The van der Waals surface area contributed by atoms with Gasteiger partial charge in [0, 0.05) is 31.6 Å². The summed E-state index contributed by atoms with van der Waals surface area (Å²) in [6.07, 6.45) is 3.56. The first-order valence-electron chi connectivity index (χ1n) is 7.90. The fourth-order valence-corrected chi connectivity index (χ4v) is 3.86. The summed E-state index contributed by atoms with van der Waals surface area (Å²) in [5, 5.41) is 3.55.